The zero-order valence-corrected chi connectivity index (χ0v) is 18.0. The van der Waals surface area contributed by atoms with E-state index in [0.717, 1.165) is 25.0 Å². The largest absolute Gasteiger partial charge is 0.494 e. The second-order valence-corrected chi connectivity index (χ2v) is 7.89. The number of carbonyl (C=O) groups is 3. The summed E-state index contributed by atoms with van der Waals surface area (Å²) in [6, 6.07) is 9.61. The van der Waals surface area contributed by atoms with E-state index >= 15 is 0 Å². The average Bonchev–Trinajstić information content (AvgIpc) is 2.66. The zero-order valence-electron chi connectivity index (χ0n) is 18.0. The van der Waals surface area contributed by atoms with Gasteiger partial charge in [-0.2, -0.15) is 0 Å². The van der Waals surface area contributed by atoms with E-state index in [-0.39, 0.29) is 24.8 Å². The molecule has 7 heteroatoms. The molecular formula is C22H34N2O5. The highest BCUT2D eigenvalue weighted by Gasteiger charge is 2.25. The first-order chi connectivity index (χ1) is 13.7. The highest BCUT2D eigenvalue weighted by atomic mass is 16.6. The van der Waals surface area contributed by atoms with Crippen LogP contribution in [0.2, 0.25) is 0 Å². The number of hydrogen-bond donors (Lipinski definition) is 2. The molecular weight excluding hydrogens is 372 g/mol. The number of rotatable bonds is 12. The van der Waals surface area contributed by atoms with Crippen LogP contribution in [0.5, 0.6) is 5.75 Å². The predicted molar refractivity (Wildman–Crippen MR) is 111 cm³/mol. The van der Waals surface area contributed by atoms with Gasteiger partial charge >= 0.3 is 5.97 Å². The van der Waals surface area contributed by atoms with Crippen LogP contribution in [-0.2, 0) is 19.1 Å². The van der Waals surface area contributed by atoms with E-state index in [2.05, 4.69) is 10.6 Å². The van der Waals surface area contributed by atoms with E-state index < -0.39 is 17.5 Å². The Morgan fingerprint density at radius 2 is 1.72 bits per heavy atom. The summed E-state index contributed by atoms with van der Waals surface area (Å²) in [5.41, 5.74) is -0.602. The Hall–Kier alpha value is -2.57. The molecule has 29 heavy (non-hydrogen) atoms. The number of amides is 2. The summed E-state index contributed by atoms with van der Waals surface area (Å²) < 4.78 is 11.0. The lowest BCUT2D eigenvalue weighted by molar-refractivity contribution is -0.157. The standard InChI is InChI=1S/C22H34N2O5/c1-22(2,3)29-20(26)15-17(21(27)24-16-19(25)23-4)11-7-6-10-14-28-18-12-8-5-9-13-18/h5,8-9,12-13,17H,6-7,10-11,14-16H2,1-4H3,(H,23,25)(H,24,27)/t17-/m0/s1. The summed E-state index contributed by atoms with van der Waals surface area (Å²) >= 11 is 0. The molecule has 0 saturated heterocycles. The van der Waals surface area contributed by atoms with Crippen molar-refractivity contribution >= 4 is 17.8 Å². The fourth-order valence-corrected chi connectivity index (χ4v) is 2.69. The summed E-state index contributed by atoms with van der Waals surface area (Å²) in [6.45, 7) is 5.86. The second-order valence-electron chi connectivity index (χ2n) is 7.89. The van der Waals surface area contributed by atoms with Gasteiger partial charge in [-0.1, -0.05) is 31.0 Å². The number of nitrogens with one attached hydrogen (secondary N) is 2. The molecule has 2 N–H and O–H groups in total. The number of hydrogen-bond acceptors (Lipinski definition) is 5. The van der Waals surface area contributed by atoms with Gasteiger partial charge < -0.3 is 20.1 Å². The monoisotopic (exact) mass is 406 g/mol. The van der Waals surface area contributed by atoms with Crippen molar-refractivity contribution in [2.24, 2.45) is 5.92 Å². The first-order valence-corrected chi connectivity index (χ1v) is 10.1. The molecule has 0 unspecified atom stereocenters. The van der Waals surface area contributed by atoms with E-state index in [9.17, 15) is 14.4 Å². The maximum absolute atomic E-state index is 12.4. The minimum atomic E-state index is -0.602. The van der Waals surface area contributed by atoms with Crippen LogP contribution in [0.25, 0.3) is 0 Å². The predicted octanol–water partition coefficient (Wildman–Crippen LogP) is 2.84. The maximum atomic E-state index is 12.4. The van der Waals surface area contributed by atoms with Crippen molar-refractivity contribution in [1.82, 2.24) is 10.6 Å². The number of benzene rings is 1. The Kier molecular flexibility index (Phi) is 10.8. The third-order valence-corrected chi connectivity index (χ3v) is 4.11. The molecule has 1 atom stereocenters. The quantitative estimate of drug-likeness (QED) is 0.411. The average molecular weight is 407 g/mol. The first-order valence-electron chi connectivity index (χ1n) is 10.1. The molecule has 0 heterocycles. The van der Waals surface area contributed by atoms with Gasteiger partial charge in [0.05, 0.1) is 19.6 Å². The van der Waals surface area contributed by atoms with Crippen molar-refractivity contribution in [3.63, 3.8) is 0 Å². The summed E-state index contributed by atoms with van der Waals surface area (Å²) in [5, 5.41) is 5.04. The van der Waals surface area contributed by atoms with Crippen LogP contribution in [0.3, 0.4) is 0 Å². The second kappa shape index (κ2) is 12.8. The topological polar surface area (TPSA) is 93.7 Å². The van der Waals surface area contributed by atoms with Gasteiger partial charge in [-0.05, 0) is 45.7 Å². The number of unbranched alkanes of at least 4 members (excludes halogenated alkanes) is 2. The van der Waals surface area contributed by atoms with Crippen LogP contribution in [0.1, 0.15) is 52.9 Å². The van der Waals surface area contributed by atoms with Gasteiger partial charge in [0.1, 0.15) is 11.4 Å². The lowest BCUT2D eigenvalue weighted by Crippen LogP contribution is -2.39. The molecule has 0 aromatic heterocycles. The smallest absolute Gasteiger partial charge is 0.307 e. The summed E-state index contributed by atoms with van der Waals surface area (Å²) in [6.07, 6.45) is 3.05. The Morgan fingerprint density at radius 3 is 2.34 bits per heavy atom. The minimum absolute atomic E-state index is 0.00262. The summed E-state index contributed by atoms with van der Waals surface area (Å²) in [7, 11) is 1.50. The van der Waals surface area contributed by atoms with Gasteiger partial charge in [0, 0.05) is 13.0 Å². The van der Waals surface area contributed by atoms with Crippen molar-refractivity contribution in [2.75, 3.05) is 20.2 Å². The number of esters is 1. The van der Waals surface area contributed by atoms with Gasteiger partial charge in [-0.3, -0.25) is 14.4 Å². The van der Waals surface area contributed by atoms with Crippen molar-refractivity contribution in [3.05, 3.63) is 30.3 Å². The highest BCUT2D eigenvalue weighted by Crippen LogP contribution is 2.18. The van der Waals surface area contributed by atoms with E-state index in [1.165, 1.54) is 7.05 Å². The highest BCUT2D eigenvalue weighted by molar-refractivity contribution is 5.87. The zero-order chi connectivity index (χ0) is 21.7. The Bertz CT molecular complexity index is 640. The van der Waals surface area contributed by atoms with Crippen LogP contribution in [-0.4, -0.2) is 43.6 Å². The van der Waals surface area contributed by atoms with Gasteiger partial charge in [0.25, 0.3) is 0 Å². The first kappa shape index (κ1) is 24.5. The van der Waals surface area contributed by atoms with Crippen LogP contribution in [0.4, 0.5) is 0 Å². The van der Waals surface area contributed by atoms with Gasteiger partial charge in [0.15, 0.2) is 0 Å². The van der Waals surface area contributed by atoms with Gasteiger partial charge in [0.2, 0.25) is 11.8 Å². The van der Waals surface area contributed by atoms with Crippen molar-refractivity contribution in [1.29, 1.82) is 0 Å². The van der Waals surface area contributed by atoms with Gasteiger partial charge in [-0.25, -0.2) is 0 Å². The summed E-state index contributed by atoms with van der Waals surface area (Å²) in [4.78, 5) is 36.0. The van der Waals surface area contributed by atoms with Crippen LogP contribution in [0.15, 0.2) is 30.3 Å². The molecule has 0 fully saturated rings. The van der Waals surface area contributed by atoms with E-state index in [1.807, 2.05) is 30.3 Å². The molecule has 1 aromatic rings. The molecule has 2 amide bonds. The third kappa shape index (κ3) is 11.8. The maximum Gasteiger partial charge on any atom is 0.307 e. The lowest BCUT2D eigenvalue weighted by atomic mass is 9.96. The Morgan fingerprint density at radius 1 is 1.03 bits per heavy atom. The van der Waals surface area contributed by atoms with Crippen LogP contribution >= 0.6 is 0 Å². The molecule has 0 aliphatic heterocycles. The molecule has 1 aromatic carbocycles. The molecule has 0 saturated carbocycles. The SMILES string of the molecule is CNC(=O)CNC(=O)[C@@H](CCCCCOc1ccccc1)CC(=O)OC(C)(C)C. The Labute approximate surface area is 173 Å². The molecule has 0 bridgehead atoms. The lowest BCUT2D eigenvalue weighted by Gasteiger charge is -2.22. The van der Waals surface area contributed by atoms with Crippen molar-refractivity contribution in [2.45, 2.75) is 58.5 Å². The normalized spacial score (nSPS) is 12.0. The van der Waals surface area contributed by atoms with Crippen LogP contribution in [0, 0.1) is 5.92 Å². The third-order valence-electron chi connectivity index (χ3n) is 4.11. The molecule has 0 aliphatic rings. The minimum Gasteiger partial charge on any atom is -0.494 e. The van der Waals surface area contributed by atoms with Crippen LogP contribution < -0.4 is 15.4 Å². The van der Waals surface area contributed by atoms with E-state index in [0.29, 0.717) is 13.0 Å². The number of para-hydroxylation sites is 1. The molecule has 162 valence electrons. The number of ether oxygens (including phenoxy) is 2. The van der Waals surface area contributed by atoms with E-state index in [4.69, 9.17) is 9.47 Å². The van der Waals surface area contributed by atoms with Gasteiger partial charge in [-0.15, -0.1) is 0 Å². The molecule has 0 spiro atoms. The summed E-state index contributed by atoms with van der Waals surface area (Å²) in [5.74, 6) is -0.689. The molecule has 1 rings (SSSR count). The number of carbonyl (C=O) groups excluding carboxylic acids is 3. The fraction of sp³-hybridized carbons (Fsp3) is 0.591. The number of likely N-dealkylation sites (N-methyl/N-ethyl adjacent to an activating group) is 1. The molecule has 7 nitrogen and oxygen atoms in total. The van der Waals surface area contributed by atoms with Crippen molar-refractivity contribution < 1.29 is 23.9 Å². The van der Waals surface area contributed by atoms with Crippen molar-refractivity contribution in [3.8, 4) is 5.75 Å². The Balaban J connectivity index is 2.44. The fourth-order valence-electron chi connectivity index (χ4n) is 2.69. The van der Waals surface area contributed by atoms with E-state index in [1.54, 1.807) is 20.8 Å². The molecule has 0 aliphatic carbocycles. The molecule has 0 radical (unpaired) electrons.